The Morgan fingerprint density at radius 3 is 2.21 bits per heavy atom. The molecule has 0 aliphatic rings. The average molecular weight is 462 g/mol. The zero-order valence-corrected chi connectivity index (χ0v) is 17.4. The first-order chi connectivity index (χ1) is 13.5. The van der Waals surface area contributed by atoms with E-state index in [2.05, 4.69) is 31.5 Å². The number of halogens is 1. The molecule has 144 valence electrons. The molecule has 3 rings (SSSR count). The van der Waals surface area contributed by atoms with Crippen molar-refractivity contribution < 1.29 is 19.1 Å². The number of benzene rings is 2. The fourth-order valence-electron chi connectivity index (χ4n) is 2.27. The molecule has 0 spiro atoms. The number of methoxy groups -OCH3 is 2. The van der Waals surface area contributed by atoms with Gasteiger partial charge in [-0.05, 0) is 36.4 Å². The van der Waals surface area contributed by atoms with Crippen molar-refractivity contribution in [2.75, 3.05) is 24.9 Å². The van der Waals surface area contributed by atoms with E-state index in [0.717, 1.165) is 15.8 Å². The number of carbonyl (C=O) groups is 2. The summed E-state index contributed by atoms with van der Waals surface area (Å²) in [5.74, 6) is 0.255. The Morgan fingerprint density at radius 1 is 0.964 bits per heavy atom. The molecule has 0 fully saturated rings. The first-order valence-corrected chi connectivity index (χ1v) is 9.72. The van der Waals surface area contributed by atoms with Crippen LogP contribution in [0.5, 0.6) is 11.5 Å². The molecule has 0 saturated carbocycles. The van der Waals surface area contributed by atoms with Crippen molar-refractivity contribution in [1.29, 1.82) is 0 Å². The summed E-state index contributed by atoms with van der Waals surface area (Å²) in [4.78, 5) is 29.0. The molecule has 9 heteroatoms. The number of nitrogens with one attached hydrogen (secondary N) is 2. The van der Waals surface area contributed by atoms with Gasteiger partial charge in [-0.3, -0.25) is 14.9 Å². The van der Waals surface area contributed by atoms with Gasteiger partial charge in [-0.2, -0.15) is 0 Å². The molecule has 0 aliphatic carbocycles. The van der Waals surface area contributed by atoms with Crippen LogP contribution in [0.25, 0.3) is 0 Å². The van der Waals surface area contributed by atoms with Crippen LogP contribution in [-0.4, -0.2) is 31.0 Å². The lowest BCUT2D eigenvalue weighted by molar-refractivity contribution is 0.101. The highest BCUT2D eigenvalue weighted by Gasteiger charge is 2.15. The van der Waals surface area contributed by atoms with Crippen molar-refractivity contribution in [3.63, 3.8) is 0 Å². The lowest BCUT2D eigenvalue weighted by Crippen LogP contribution is -2.14. The second-order valence-electron chi connectivity index (χ2n) is 5.55. The van der Waals surface area contributed by atoms with E-state index in [-0.39, 0.29) is 17.5 Å². The van der Waals surface area contributed by atoms with Gasteiger partial charge in [-0.15, -0.1) is 11.3 Å². The predicted octanol–water partition coefficient (Wildman–Crippen LogP) is 4.43. The minimum Gasteiger partial charge on any atom is -0.497 e. The fourth-order valence-corrected chi connectivity index (χ4v) is 3.22. The molecule has 3 aromatic rings. The van der Waals surface area contributed by atoms with Crippen LogP contribution in [0, 0.1) is 0 Å². The number of rotatable bonds is 6. The van der Waals surface area contributed by atoms with Crippen LogP contribution in [0.4, 0.5) is 10.8 Å². The Bertz CT molecular complexity index is 982. The number of ether oxygens (including phenoxy) is 2. The Kier molecular flexibility index (Phi) is 6.27. The first-order valence-electron chi connectivity index (χ1n) is 8.05. The summed E-state index contributed by atoms with van der Waals surface area (Å²) >= 11 is 4.50. The number of anilines is 2. The number of thiazole rings is 1. The highest BCUT2D eigenvalue weighted by Crippen LogP contribution is 2.24. The maximum atomic E-state index is 12.5. The first kappa shape index (κ1) is 19.8. The Hall–Kier alpha value is -2.91. The summed E-state index contributed by atoms with van der Waals surface area (Å²) in [6, 6.07) is 12.0. The van der Waals surface area contributed by atoms with Crippen molar-refractivity contribution in [3.05, 3.63) is 63.6 Å². The fraction of sp³-hybridized carbons (Fsp3) is 0.105. The summed E-state index contributed by atoms with van der Waals surface area (Å²) < 4.78 is 11.3. The molecule has 1 heterocycles. The summed E-state index contributed by atoms with van der Waals surface area (Å²) in [6.07, 6.45) is 0. The number of amides is 2. The number of hydrogen-bond acceptors (Lipinski definition) is 6. The average Bonchev–Trinajstić information content (AvgIpc) is 3.17. The molecule has 0 radical (unpaired) electrons. The minimum atomic E-state index is -0.383. The van der Waals surface area contributed by atoms with E-state index in [1.54, 1.807) is 35.7 Å². The molecule has 0 aliphatic heterocycles. The summed E-state index contributed by atoms with van der Waals surface area (Å²) in [6.45, 7) is 0. The van der Waals surface area contributed by atoms with Crippen LogP contribution in [0.2, 0.25) is 0 Å². The van der Waals surface area contributed by atoms with Crippen molar-refractivity contribution in [1.82, 2.24) is 4.98 Å². The van der Waals surface area contributed by atoms with Gasteiger partial charge in [0.1, 0.15) is 17.2 Å². The summed E-state index contributed by atoms with van der Waals surface area (Å²) in [7, 11) is 3.02. The van der Waals surface area contributed by atoms with Crippen LogP contribution in [-0.2, 0) is 0 Å². The number of nitrogens with zero attached hydrogens (tertiary/aromatic N) is 1. The van der Waals surface area contributed by atoms with E-state index in [1.807, 2.05) is 12.1 Å². The molecule has 0 bridgehead atoms. The van der Waals surface area contributed by atoms with Gasteiger partial charge in [0.25, 0.3) is 11.8 Å². The van der Waals surface area contributed by atoms with Crippen LogP contribution in [0.15, 0.2) is 52.3 Å². The SMILES string of the molecule is COc1cc(OC)cc(C(=O)Nc2nc(C(=O)Nc3ccc(Br)cc3)cs2)c1. The minimum absolute atomic E-state index is 0.214. The van der Waals surface area contributed by atoms with Crippen molar-refractivity contribution in [3.8, 4) is 11.5 Å². The number of aromatic nitrogens is 1. The van der Waals surface area contributed by atoms with Gasteiger partial charge in [0.15, 0.2) is 5.13 Å². The Labute approximate surface area is 173 Å². The zero-order valence-electron chi connectivity index (χ0n) is 15.0. The topological polar surface area (TPSA) is 89.6 Å². The largest absolute Gasteiger partial charge is 0.497 e. The second-order valence-corrected chi connectivity index (χ2v) is 7.33. The van der Waals surface area contributed by atoms with Crippen LogP contribution in [0.3, 0.4) is 0 Å². The number of hydrogen-bond donors (Lipinski definition) is 2. The quantitative estimate of drug-likeness (QED) is 0.566. The lowest BCUT2D eigenvalue weighted by atomic mass is 10.2. The molecule has 28 heavy (non-hydrogen) atoms. The zero-order chi connectivity index (χ0) is 20.1. The molecule has 2 aromatic carbocycles. The molecule has 2 amide bonds. The van der Waals surface area contributed by atoms with E-state index in [9.17, 15) is 9.59 Å². The van der Waals surface area contributed by atoms with Gasteiger partial charge in [-0.1, -0.05) is 15.9 Å². The van der Waals surface area contributed by atoms with Crippen LogP contribution in [0.1, 0.15) is 20.8 Å². The van der Waals surface area contributed by atoms with Crippen LogP contribution >= 0.6 is 27.3 Å². The van der Waals surface area contributed by atoms with Crippen LogP contribution < -0.4 is 20.1 Å². The third-order valence-electron chi connectivity index (χ3n) is 3.67. The standard InChI is InChI=1S/C19H16BrN3O4S/c1-26-14-7-11(8-15(9-14)27-2)17(24)23-19-22-16(10-28-19)18(25)21-13-5-3-12(20)4-6-13/h3-10H,1-2H3,(H,21,25)(H,22,23,24). The molecule has 0 atom stereocenters. The van der Waals surface area contributed by atoms with Crippen molar-refractivity contribution in [2.24, 2.45) is 0 Å². The van der Waals surface area contributed by atoms with E-state index in [1.165, 1.54) is 14.2 Å². The summed E-state index contributed by atoms with van der Waals surface area (Å²) in [5.41, 5.74) is 1.22. The normalized spacial score (nSPS) is 10.2. The van der Waals surface area contributed by atoms with Gasteiger partial charge in [-0.25, -0.2) is 4.98 Å². The van der Waals surface area contributed by atoms with E-state index in [4.69, 9.17) is 9.47 Å². The third kappa shape index (κ3) is 4.87. The third-order valence-corrected chi connectivity index (χ3v) is 4.96. The molecule has 0 saturated heterocycles. The highest BCUT2D eigenvalue weighted by molar-refractivity contribution is 9.10. The van der Waals surface area contributed by atoms with Crippen molar-refractivity contribution in [2.45, 2.75) is 0 Å². The molecular formula is C19H16BrN3O4S. The molecule has 2 N–H and O–H groups in total. The molecule has 7 nitrogen and oxygen atoms in total. The monoisotopic (exact) mass is 461 g/mol. The summed E-state index contributed by atoms with van der Waals surface area (Å²) in [5, 5.41) is 7.32. The number of carbonyl (C=O) groups excluding carboxylic acids is 2. The molecule has 1 aromatic heterocycles. The Morgan fingerprint density at radius 2 is 1.61 bits per heavy atom. The van der Waals surface area contributed by atoms with E-state index in [0.29, 0.717) is 27.9 Å². The van der Waals surface area contributed by atoms with Gasteiger partial charge in [0.2, 0.25) is 0 Å². The molecular weight excluding hydrogens is 446 g/mol. The maximum absolute atomic E-state index is 12.5. The van der Waals surface area contributed by atoms with Gasteiger partial charge in [0.05, 0.1) is 14.2 Å². The highest BCUT2D eigenvalue weighted by atomic mass is 79.9. The predicted molar refractivity (Wildman–Crippen MR) is 112 cm³/mol. The smallest absolute Gasteiger partial charge is 0.275 e. The van der Waals surface area contributed by atoms with Gasteiger partial charge in [0, 0.05) is 27.2 Å². The maximum Gasteiger partial charge on any atom is 0.275 e. The second kappa shape index (κ2) is 8.85. The van der Waals surface area contributed by atoms with Gasteiger partial charge < -0.3 is 14.8 Å². The van der Waals surface area contributed by atoms with Gasteiger partial charge >= 0.3 is 0 Å². The molecule has 0 unspecified atom stereocenters. The van der Waals surface area contributed by atoms with E-state index >= 15 is 0 Å². The Balaban J connectivity index is 1.69. The lowest BCUT2D eigenvalue weighted by Gasteiger charge is -2.08. The van der Waals surface area contributed by atoms with Crippen molar-refractivity contribution >= 4 is 49.9 Å². The van der Waals surface area contributed by atoms with E-state index < -0.39 is 0 Å².